The van der Waals surface area contributed by atoms with Crippen LogP contribution in [-0.2, 0) is 13.0 Å². The van der Waals surface area contributed by atoms with Crippen molar-refractivity contribution in [2.24, 2.45) is 0 Å². The highest BCUT2D eigenvalue weighted by molar-refractivity contribution is 5.26. The first-order chi connectivity index (χ1) is 9.79. The predicted octanol–water partition coefficient (Wildman–Crippen LogP) is 3.23. The van der Waals surface area contributed by atoms with Gasteiger partial charge in [-0.2, -0.15) is 0 Å². The molecule has 3 nitrogen and oxygen atoms in total. The third kappa shape index (κ3) is 3.12. The van der Waals surface area contributed by atoms with Gasteiger partial charge in [0, 0.05) is 24.5 Å². The van der Waals surface area contributed by atoms with Crippen LogP contribution in [0.25, 0.3) is 0 Å². The lowest BCUT2D eigenvalue weighted by Gasteiger charge is -2.08. The molecule has 2 heterocycles. The molecular formula is C17H17N3. The van der Waals surface area contributed by atoms with Gasteiger partial charge in [0.25, 0.3) is 0 Å². The van der Waals surface area contributed by atoms with Crippen LogP contribution in [-0.4, -0.2) is 14.5 Å². The van der Waals surface area contributed by atoms with Crippen LogP contribution < -0.4 is 0 Å². The minimum absolute atomic E-state index is 0.767. The first kappa shape index (κ1) is 12.6. The van der Waals surface area contributed by atoms with E-state index < -0.39 is 0 Å². The van der Waals surface area contributed by atoms with E-state index in [2.05, 4.69) is 48.3 Å². The summed E-state index contributed by atoms with van der Waals surface area (Å²) in [5, 5.41) is 0. The van der Waals surface area contributed by atoms with Gasteiger partial charge in [-0.3, -0.25) is 4.98 Å². The van der Waals surface area contributed by atoms with Gasteiger partial charge in [0.15, 0.2) is 0 Å². The van der Waals surface area contributed by atoms with Gasteiger partial charge in [-0.15, -0.1) is 0 Å². The van der Waals surface area contributed by atoms with Gasteiger partial charge >= 0.3 is 0 Å². The topological polar surface area (TPSA) is 30.7 Å². The van der Waals surface area contributed by atoms with Crippen molar-refractivity contribution in [3.8, 4) is 0 Å². The van der Waals surface area contributed by atoms with Gasteiger partial charge in [0.05, 0.1) is 18.6 Å². The van der Waals surface area contributed by atoms with Crippen LogP contribution in [0.3, 0.4) is 0 Å². The van der Waals surface area contributed by atoms with Gasteiger partial charge in [-0.25, -0.2) is 4.98 Å². The van der Waals surface area contributed by atoms with E-state index >= 15 is 0 Å². The molecule has 3 rings (SSSR count). The fraction of sp³-hybridized carbons (Fsp3) is 0.176. The van der Waals surface area contributed by atoms with Gasteiger partial charge < -0.3 is 4.57 Å². The third-order valence-electron chi connectivity index (χ3n) is 3.21. The van der Waals surface area contributed by atoms with E-state index in [1.54, 1.807) is 6.20 Å². The summed E-state index contributed by atoms with van der Waals surface area (Å²) < 4.78 is 2.04. The lowest BCUT2D eigenvalue weighted by molar-refractivity contribution is 0.765. The number of hydrogen-bond acceptors (Lipinski definition) is 2. The molecule has 0 radical (unpaired) electrons. The molecule has 0 aliphatic rings. The summed E-state index contributed by atoms with van der Waals surface area (Å²) in [7, 11) is 0. The molecule has 0 fully saturated rings. The summed E-state index contributed by atoms with van der Waals surface area (Å²) in [6.45, 7) is 2.89. The van der Waals surface area contributed by atoms with E-state index in [9.17, 15) is 0 Å². The fourth-order valence-electron chi connectivity index (χ4n) is 2.36. The Hall–Kier alpha value is -2.42. The fourth-order valence-corrected chi connectivity index (χ4v) is 2.36. The zero-order valence-electron chi connectivity index (χ0n) is 11.5. The highest BCUT2D eigenvalue weighted by atomic mass is 15.0. The van der Waals surface area contributed by atoms with Crippen LogP contribution in [0.1, 0.15) is 22.5 Å². The second-order valence-corrected chi connectivity index (χ2v) is 5.02. The van der Waals surface area contributed by atoms with E-state index in [0.717, 1.165) is 24.4 Å². The van der Waals surface area contributed by atoms with E-state index in [-0.39, 0.29) is 0 Å². The second-order valence-electron chi connectivity index (χ2n) is 5.02. The Balaban J connectivity index is 1.83. The molecule has 0 bridgehead atoms. The van der Waals surface area contributed by atoms with Crippen molar-refractivity contribution >= 4 is 0 Å². The van der Waals surface area contributed by atoms with Crippen LogP contribution in [0.4, 0.5) is 0 Å². The molecule has 0 saturated carbocycles. The Kier molecular flexibility index (Phi) is 3.59. The minimum Gasteiger partial charge on any atom is -0.331 e. The molecule has 0 unspecified atom stereocenters. The third-order valence-corrected chi connectivity index (χ3v) is 3.21. The number of pyridine rings is 1. The average molecular weight is 263 g/mol. The summed E-state index contributed by atoms with van der Waals surface area (Å²) in [6, 6.07) is 14.7. The minimum atomic E-state index is 0.767. The molecule has 20 heavy (non-hydrogen) atoms. The van der Waals surface area contributed by atoms with Gasteiger partial charge in [-0.1, -0.05) is 30.3 Å². The van der Waals surface area contributed by atoms with Gasteiger partial charge in [0.1, 0.15) is 0 Å². The molecule has 0 amide bonds. The monoisotopic (exact) mass is 263 g/mol. The lowest BCUT2D eigenvalue weighted by Crippen LogP contribution is -2.03. The number of aryl methyl sites for hydroxylation is 1. The maximum Gasteiger partial charge on any atom is 0.0949 e. The Morgan fingerprint density at radius 3 is 2.60 bits per heavy atom. The SMILES string of the molecule is Cc1cc(Cc2ccccc2)nc(Cn2ccnc2)c1. The van der Waals surface area contributed by atoms with Crippen molar-refractivity contribution in [3.05, 3.63) is 83.7 Å². The molecular weight excluding hydrogens is 246 g/mol. The van der Waals surface area contributed by atoms with Gasteiger partial charge in [0.2, 0.25) is 0 Å². The number of imidazole rings is 1. The zero-order valence-corrected chi connectivity index (χ0v) is 11.5. The van der Waals surface area contributed by atoms with Crippen molar-refractivity contribution in [3.63, 3.8) is 0 Å². The predicted molar refractivity (Wildman–Crippen MR) is 79.6 cm³/mol. The summed E-state index contributed by atoms with van der Waals surface area (Å²) >= 11 is 0. The van der Waals surface area contributed by atoms with E-state index in [4.69, 9.17) is 4.98 Å². The Morgan fingerprint density at radius 2 is 1.85 bits per heavy atom. The summed E-state index contributed by atoms with van der Waals surface area (Å²) in [6.07, 6.45) is 6.45. The van der Waals surface area contributed by atoms with Crippen molar-refractivity contribution in [1.82, 2.24) is 14.5 Å². The maximum absolute atomic E-state index is 4.76. The molecule has 0 atom stereocenters. The van der Waals surface area contributed by atoms with E-state index in [1.165, 1.54) is 11.1 Å². The van der Waals surface area contributed by atoms with Crippen molar-refractivity contribution < 1.29 is 0 Å². The van der Waals surface area contributed by atoms with Crippen molar-refractivity contribution in [2.75, 3.05) is 0 Å². The molecule has 3 heteroatoms. The largest absolute Gasteiger partial charge is 0.331 e. The first-order valence-corrected chi connectivity index (χ1v) is 6.76. The number of aromatic nitrogens is 3. The Bertz CT molecular complexity index is 673. The van der Waals surface area contributed by atoms with E-state index in [0.29, 0.717) is 0 Å². The van der Waals surface area contributed by atoms with Crippen LogP contribution in [0.2, 0.25) is 0 Å². The van der Waals surface area contributed by atoms with Crippen LogP contribution in [0.15, 0.2) is 61.2 Å². The maximum atomic E-state index is 4.76. The number of nitrogens with zero attached hydrogens (tertiary/aromatic N) is 3. The Labute approximate surface area is 118 Å². The molecule has 0 aliphatic heterocycles. The lowest BCUT2D eigenvalue weighted by atomic mass is 10.1. The van der Waals surface area contributed by atoms with Crippen molar-refractivity contribution in [2.45, 2.75) is 19.9 Å². The molecule has 0 aliphatic carbocycles. The Morgan fingerprint density at radius 1 is 1.05 bits per heavy atom. The molecule has 3 aromatic rings. The van der Waals surface area contributed by atoms with Crippen LogP contribution >= 0.6 is 0 Å². The quantitative estimate of drug-likeness (QED) is 0.723. The highest BCUT2D eigenvalue weighted by Crippen LogP contribution is 2.11. The number of benzene rings is 1. The standard InChI is InChI=1S/C17H17N3/c1-14-9-16(11-15-5-3-2-4-6-15)19-17(10-14)12-20-8-7-18-13-20/h2-10,13H,11-12H2,1H3. The second kappa shape index (κ2) is 5.70. The normalized spacial score (nSPS) is 10.7. The molecule has 0 spiro atoms. The molecule has 0 N–H and O–H groups in total. The zero-order chi connectivity index (χ0) is 13.8. The van der Waals surface area contributed by atoms with Crippen LogP contribution in [0.5, 0.6) is 0 Å². The average Bonchev–Trinajstić information content (AvgIpc) is 2.92. The summed E-state index contributed by atoms with van der Waals surface area (Å²) in [5.74, 6) is 0. The first-order valence-electron chi connectivity index (χ1n) is 6.76. The van der Waals surface area contributed by atoms with Gasteiger partial charge in [-0.05, 0) is 30.2 Å². The van der Waals surface area contributed by atoms with Crippen LogP contribution in [0, 0.1) is 6.92 Å². The highest BCUT2D eigenvalue weighted by Gasteiger charge is 2.03. The molecule has 2 aromatic heterocycles. The molecule has 0 saturated heterocycles. The smallest absolute Gasteiger partial charge is 0.0949 e. The van der Waals surface area contributed by atoms with Crippen molar-refractivity contribution in [1.29, 1.82) is 0 Å². The number of hydrogen-bond donors (Lipinski definition) is 0. The summed E-state index contributed by atoms with van der Waals surface area (Å²) in [4.78, 5) is 8.82. The molecule has 1 aromatic carbocycles. The number of rotatable bonds is 4. The summed E-state index contributed by atoms with van der Waals surface area (Å²) in [5.41, 5.74) is 4.74. The van der Waals surface area contributed by atoms with E-state index in [1.807, 2.05) is 23.2 Å². The molecule has 100 valence electrons.